The van der Waals surface area contributed by atoms with E-state index in [4.69, 9.17) is 46.4 Å². The maximum atomic E-state index is 13.4. The van der Waals surface area contributed by atoms with Gasteiger partial charge in [0.05, 0.1) is 63.4 Å². The molecule has 1 fully saturated rings. The van der Waals surface area contributed by atoms with E-state index < -0.39 is 104 Å². The number of morpholine rings is 1. The van der Waals surface area contributed by atoms with E-state index in [0.717, 1.165) is 11.1 Å². The van der Waals surface area contributed by atoms with Gasteiger partial charge in [0, 0.05) is 17.9 Å². The number of carbonyl (C=O) groups excluding carboxylic acids is 5. The molecule has 12 N–H and O–H groups in total. The zero-order chi connectivity index (χ0) is 44.7. The number of ketones is 2. The van der Waals surface area contributed by atoms with Crippen LogP contribution < -0.4 is 43.1 Å². The van der Waals surface area contributed by atoms with Crippen molar-refractivity contribution >= 4 is 64.0 Å². The highest BCUT2D eigenvalue weighted by Crippen LogP contribution is 2.33. The van der Waals surface area contributed by atoms with Crippen LogP contribution in [-0.2, 0) is 43.0 Å². The van der Waals surface area contributed by atoms with Crippen molar-refractivity contribution in [2.45, 2.75) is 37.4 Å². The average molecular weight is 854 g/mol. The number of para-hydroxylation sites is 1. The smallest absolute Gasteiger partial charge is 0.328 e. The van der Waals surface area contributed by atoms with Crippen molar-refractivity contribution in [1.29, 1.82) is 0 Å². The number of aliphatic imine (C=N–C) groups is 1. The van der Waals surface area contributed by atoms with Gasteiger partial charge in [-0.15, -0.1) is 0 Å². The average Bonchev–Trinajstić information content (AvgIpc) is 3.24. The molecular weight excluding hydrogens is 804 g/mol. The van der Waals surface area contributed by atoms with Gasteiger partial charge in [-0.3, -0.25) is 38.6 Å². The van der Waals surface area contributed by atoms with Gasteiger partial charge in [-0.05, 0) is 18.1 Å². The first-order valence-electron chi connectivity index (χ1n) is 19.0. The van der Waals surface area contributed by atoms with Gasteiger partial charge in [0.2, 0.25) is 29.3 Å². The van der Waals surface area contributed by atoms with E-state index in [2.05, 4.69) is 10.3 Å². The molecule has 22 nitrogen and oxygen atoms in total. The fourth-order valence-electron chi connectivity index (χ4n) is 6.38. The molecule has 3 amide bonds. The van der Waals surface area contributed by atoms with E-state index >= 15 is 0 Å². The highest BCUT2D eigenvalue weighted by Gasteiger charge is 2.38. The number of aliphatic hydroxyl groups excluding tert-OH is 1. The number of guanidine groups is 1. The van der Waals surface area contributed by atoms with Gasteiger partial charge < -0.3 is 62.4 Å². The fraction of sp³-hybridized carbons (Fsp3) is 0.410. The number of carbonyl (C=O) groups is 7. The Morgan fingerprint density at radius 1 is 0.918 bits per heavy atom. The Balaban J connectivity index is 1.37. The number of benzene rings is 2. The van der Waals surface area contributed by atoms with Gasteiger partial charge >= 0.3 is 17.8 Å². The van der Waals surface area contributed by atoms with Crippen molar-refractivity contribution in [2.24, 2.45) is 28.1 Å². The summed E-state index contributed by atoms with van der Waals surface area (Å²) in [5.74, 6) is -9.61. The second-order valence-corrected chi connectivity index (χ2v) is 14.1. The lowest BCUT2D eigenvalue weighted by Gasteiger charge is -2.38. The number of carboxylic acids is 2. The molecule has 3 aromatic rings. The summed E-state index contributed by atoms with van der Waals surface area (Å²) in [6, 6.07) is 11.2. The maximum Gasteiger partial charge on any atom is 0.328 e. The summed E-state index contributed by atoms with van der Waals surface area (Å²) >= 11 is 0. The Kier molecular flexibility index (Phi) is 17.1. The van der Waals surface area contributed by atoms with Crippen molar-refractivity contribution in [3.05, 3.63) is 64.8 Å². The summed E-state index contributed by atoms with van der Waals surface area (Å²) in [4.78, 5) is 104. The molecule has 4 rings (SSSR count). The highest BCUT2D eigenvalue weighted by atomic mass is 16.5. The summed E-state index contributed by atoms with van der Waals surface area (Å²) in [6.07, 6.45) is -1.81. The monoisotopic (exact) mass is 853 g/mol. The molecule has 0 radical (unpaired) electrons. The normalized spacial score (nSPS) is 15.3. The number of fused-ring (bicyclic) bond motifs is 1. The number of hydrogen-bond donors (Lipinski definition) is 9. The molecule has 1 saturated heterocycles. The minimum absolute atomic E-state index is 0.0317. The molecule has 0 bridgehead atoms. The first kappa shape index (κ1) is 47.1. The van der Waals surface area contributed by atoms with Crippen molar-refractivity contribution in [2.75, 3.05) is 59.3 Å². The van der Waals surface area contributed by atoms with Gasteiger partial charge in [-0.1, -0.05) is 42.5 Å². The van der Waals surface area contributed by atoms with Crippen LogP contribution in [0, 0.1) is 5.92 Å². The lowest BCUT2D eigenvalue weighted by molar-refractivity contribution is -0.144. The van der Waals surface area contributed by atoms with Crippen LogP contribution in [0.4, 0.5) is 5.88 Å². The SMILES string of the molecule is NC(N)=NCC(C[C@H](N)C(=O)NCC(=O)N[C@@H](CC(=O)O)C(=O)N[C@@H](CO)C(=O)O)C(=O)C(=O)CCOC[N+]1(c2cc(=O)c3cccc(-c4ccccc4)c3o2)CCOCC1. The molecule has 1 aliphatic rings. The van der Waals surface area contributed by atoms with Crippen LogP contribution in [0.15, 0.2) is 68.8 Å². The molecule has 0 spiro atoms. The molecule has 1 unspecified atom stereocenters. The number of aliphatic hydroxyl groups is 1. The van der Waals surface area contributed by atoms with Crippen LogP contribution in [0.25, 0.3) is 22.1 Å². The van der Waals surface area contributed by atoms with Crippen LogP contribution in [-0.4, -0.2) is 140 Å². The molecule has 61 heavy (non-hydrogen) atoms. The number of quaternary nitrogens is 1. The van der Waals surface area contributed by atoms with Crippen molar-refractivity contribution < 1.29 is 62.8 Å². The standard InChI is InChI=1S/C39H48N8O14/c40-26(36(55)43-19-31(51)45-27(16-33(52)53)37(56)46-28(20-48)38(57)58)15-23(18-44-39(41)42)34(54)29(49)9-12-60-21-47(10-13-59-14-11-47)32-17-30(50)25-8-4-7-24(35(25)61-32)22-5-2-1-3-6-22/h1-8,17,23,26-28,48H,9-16,18-21,40H2,(H8-,41,42,43,44,45,46,51,52,53,55,56,57,58)/p+1/t23?,26-,27-,28-/m0/s1. The molecule has 2 heterocycles. The van der Waals surface area contributed by atoms with Crippen LogP contribution in [0.5, 0.6) is 0 Å². The first-order chi connectivity index (χ1) is 29.0. The summed E-state index contributed by atoms with van der Waals surface area (Å²) in [5, 5.41) is 33.8. The number of ether oxygens (including phenoxy) is 2. The predicted octanol–water partition coefficient (Wildman–Crippen LogP) is -2.46. The number of nitrogens with one attached hydrogen (secondary N) is 3. The zero-order valence-electron chi connectivity index (χ0n) is 32.9. The van der Waals surface area contributed by atoms with Crippen molar-refractivity contribution in [3.8, 4) is 11.1 Å². The number of hydrogen-bond acceptors (Lipinski definition) is 14. The van der Waals surface area contributed by atoms with Gasteiger partial charge in [-0.2, -0.15) is 0 Å². The van der Waals surface area contributed by atoms with Gasteiger partial charge in [-0.25, -0.2) is 9.28 Å². The lowest BCUT2D eigenvalue weighted by atomic mass is 9.92. The van der Waals surface area contributed by atoms with E-state index in [9.17, 15) is 38.4 Å². The largest absolute Gasteiger partial charge is 0.481 e. The third-order valence-electron chi connectivity index (χ3n) is 9.70. The highest BCUT2D eigenvalue weighted by molar-refractivity contribution is 6.38. The number of amides is 3. The Morgan fingerprint density at radius 2 is 1.62 bits per heavy atom. The summed E-state index contributed by atoms with van der Waals surface area (Å²) < 4.78 is 18.1. The number of nitrogens with zero attached hydrogens (tertiary/aromatic N) is 2. The molecule has 4 atom stereocenters. The summed E-state index contributed by atoms with van der Waals surface area (Å²) in [5.41, 5.74) is 18.7. The van der Waals surface area contributed by atoms with Gasteiger partial charge in [0.1, 0.15) is 25.2 Å². The fourth-order valence-corrected chi connectivity index (χ4v) is 6.38. The number of rotatable bonds is 23. The quantitative estimate of drug-likeness (QED) is 0.0157. The zero-order valence-corrected chi connectivity index (χ0v) is 32.9. The van der Waals surface area contributed by atoms with Crippen LogP contribution in [0.3, 0.4) is 0 Å². The number of Topliss-reactive ketones (excluding diaryl/α,β-unsaturated/α-hetero) is 2. The summed E-state index contributed by atoms with van der Waals surface area (Å²) in [7, 11) is 0. The molecule has 0 aliphatic carbocycles. The molecule has 1 aliphatic heterocycles. The Morgan fingerprint density at radius 3 is 2.26 bits per heavy atom. The lowest BCUT2D eigenvalue weighted by Crippen LogP contribution is -2.57. The molecule has 1 aromatic heterocycles. The Labute approximate surface area is 347 Å². The third-order valence-corrected chi connectivity index (χ3v) is 9.70. The predicted molar refractivity (Wildman–Crippen MR) is 216 cm³/mol. The maximum absolute atomic E-state index is 13.4. The molecule has 22 heteroatoms. The second-order valence-electron chi connectivity index (χ2n) is 14.1. The van der Waals surface area contributed by atoms with Crippen LogP contribution in [0.2, 0.25) is 0 Å². The Hall–Kier alpha value is -6.59. The van der Waals surface area contributed by atoms with E-state index in [1.54, 1.807) is 12.1 Å². The first-order valence-corrected chi connectivity index (χ1v) is 19.0. The van der Waals surface area contributed by atoms with E-state index in [-0.39, 0.29) is 29.7 Å². The van der Waals surface area contributed by atoms with E-state index in [0.29, 0.717) is 43.2 Å². The molecule has 0 saturated carbocycles. The molecular formula is C39H49N8O14+. The van der Waals surface area contributed by atoms with Gasteiger partial charge in [0.25, 0.3) is 0 Å². The number of aliphatic carboxylic acids is 2. The molecule has 328 valence electrons. The van der Waals surface area contributed by atoms with E-state index in [1.165, 1.54) is 6.07 Å². The summed E-state index contributed by atoms with van der Waals surface area (Å²) in [6.45, 7) is -1.09. The Bertz CT molecular complexity index is 2170. The van der Waals surface area contributed by atoms with E-state index in [1.807, 2.05) is 47.0 Å². The minimum atomic E-state index is -1.78. The van der Waals surface area contributed by atoms with Gasteiger partial charge in [0.15, 0.2) is 23.7 Å². The third kappa shape index (κ3) is 13.2. The van der Waals surface area contributed by atoms with Crippen molar-refractivity contribution in [1.82, 2.24) is 20.4 Å². The topological polar surface area (TPSA) is 355 Å². The minimum Gasteiger partial charge on any atom is -0.481 e. The number of nitrogens with two attached hydrogens (primary N) is 3. The molecule has 2 aromatic carbocycles. The van der Waals surface area contributed by atoms with Crippen LogP contribution in [0.1, 0.15) is 19.3 Å². The second kappa shape index (κ2) is 22.1. The number of carboxylic acid groups (broad SMARTS) is 2. The van der Waals surface area contributed by atoms with Crippen LogP contribution >= 0.6 is 0 Å². The van der Waals surface area contributed by atoms with Crippen molar-refractivity contribution in [3.63, 3.8) is 0 Å².